The van der Waals surface area contributed by atoms with Crippen LogP contribution in [0.2, 0.25) is 0 Å². The maximum Gasteiger partial charge on any atom is 0.358 e. The predicted molar refractivity (Wildman–Crippen MR) is 74.2 cm³/mol. The van der Waals surface area contributed by atoms with Gasteiger partial charge in [-0.15, -0.1) is 0 Å². The van der Waals surface area contributed by atoms with Gasteiger partial charge in [-0.25, -0.2) is 9.78 Å². The average molecular weight is 258 g/mol. The van der Waals surface area contributed by atoms with Gasteiger partial charge in [-0.1, -0.05) is 17.7 Å². The normalized spacial score (nSPS) is 10.5. The van der Waals surface area contributed by atoms with E-state index in [1.807, 2.05) is 26.8 Å². The molecule has 19 heavy (non-hydrogen) atoms. The molecule has 0 saturated heterocycles. The molecule has 0 radical (unpaired) electrons. The monoisotopic (exact) mass is 258 g/mol. The number of benzene rings is 1. The van der Waals surface area contributed by atoms with Gasteiger partial charge in [0.1, 0.15) is 5.82 Å². The number of rotatable bonds is 3. The molecule has 0 bridgehead atoms. The van der Waals surface area contributed by atoms with E-state index in [1.165, 1.54) is 0 Å². The minimum absolute atomic E-state index is 0.351. The van der Waals surface area contributed by atoms with Gasteiger partial charge in [0.25, 0.3) is 0 Å². The first kappa shape index (κ1) is 13.3. The van der Waals surface area contributed by atoms with Gasteiger partial charge in [0.15, 0.2) is 5.69 Å². The number of H-pyrrole nitrogens is 1. The second-order valence-corrected chi connectivity index (χ2v) is 4.60. The third-order valence-electron chi connectivity index (χ3n) is 3.00. The lowest BCUT2D eigenvalue weighted by atomic mass is 10.1. The highest BCUT2D eigenvalue weighted by Gasteiger charge is 2.17. The fraction of sp³-hybridized carbons (Fsp3) is 0.333. The summed E-state index contributed by atoms with van der Waals surface area (Å²) < 4.78 is 4.99. The zero-order chi connectivity index (χ0) is 14.0. The molecule has 0 amide bonds. The molecule has 2 aromatic rings. The minimum atomic E-state index is -0.382. The highest BCUT2D eigenvalue weighted by Crippen LogP contribution is 2.23. The zero-order valence-corrected chi connectivity index (χ0v) is 11.7. The maximum absolute atomic E-state index is 11.8. The predicted octanol–water partition coefficient (Wildman–Crippen LogP) is 3.18. The largest absolute Gasteiger partial charge is 0.461 e. The summed E-state index contributed by atoms with van der Waals surface area (Å²) >= 11 is 0. The van der Waals surface area contributed by atoms with Gasteiger partial charge in [-0.3, -0.25) is 0 Å². The van der Waals surface area contributed by atoms with E-state index in [4.69, 9.17) is 4.74 Å². The summed E-state index contributed by atoms with van der Waals surface area (Å²) in [5, 5.41) is 0. The Labute approximate surface area is 112 Å². The number of carbonyl (C=O) groups is 1. The van der Waals surface area contributed by atoms with E-state index in [9.17, 15) is 4.79 Å². The summed E-state index contributed by atoms with van der Waals surface area (Å²) in [6.07, 6.45) is 0. The molecule has 1 aromatic heterocycles. The summed E-state index contributed by atoms with van der Waals surface area (Å²) in [6.45, 7) is 8.02. The van der Waals surface area contributed by atoms with Crippen LogP contribution in [0.1, 0.15) is 34.2 Å². The fourth-order valence-electron chi connectivity index (χ4n) is 1.98. The van der Waals surface area contributed by atoms with Crippen molar-refractivity contribution >= 4 is 5.97 Å². The van der Waals surface area contributed by atoms with Gasteiger partial charge in [0.2, 0.25) is 0 Å². The minimum Gasteiger partial charge on any atom is -0.461 e. The van der Waals surface area contributed by atoms with E-state index in [-0.39, 0.29) is 5.97 Å². The Balaban J connectivity index is 2.44. The molecule has 0 atom stereocenters. The molecule has 1 heterocycles. The van der Waals surface area contributed by atoms with E-state index in [1.54, 1.807) is 6.92 Å². The fourth-order valence-corrected chi connectivity index (χ4v) is 1.98. The molecule has 0 saturated carbocycles. The van der Waals surface area contributed by atoms with Crippen molar-refractivity contribution in [3.63, 3.8) is 0 Å². The van der Waals surface area contributed by atoms with E-state index in [0.717, 1.165) is 22.4 Å². The number of imidazole rings is 1. The lowest BCUT2D eigenvalue weighted by Gasteiger charge is -2.03. The molecule has 4 nitrogen and oxygen atoms in total. The van der Waals surface area contributed by atoms with Crippen LogP contribution < -0.4 is 0 Å². The number of aromatic amines is 1. The topological polar surface area (TPSA) is 55.0 Å². The van der Waals surface area contributed by atoms with Crippen LogP contribution >= 0.6 is 0 Å². The summed E-state index contributed by atoms with van der Waals surface area (Å²) in [5.41, 5.74) is 4.38. The number of ether oxygens (including phenoxy) is 1. The van der Waals surface area contributed by atoms with E-state index in [0.29, 0.717) is 18.1 Å². The molecule has 0 spiro atoms. The van der Waals surface area contributed by atoms with Crippen molar-refractivity contribution < 1.29 is 9.53 Å². The molecular formula is C15H18N2O2. The quantitative estimate of drug-likeness (QED) is 0.860. The molecule has 0 unspecified atom stereocenters. The number of aryl methyl sites for hydroxylation is 3. The molecule has 0 fully saturated rings. The van der Waals surface area contributed by atoms with Gasteiger partial charge >= 0.3 is 5.97 Å². The summed E-state index contributed by atoms with van der Waals surface area (Å²) in [5.74, 6) is 0.328. The first-order valence-corrected chi connectivity index (χ1v) is 6.34. The van der Waals surface area contributed by atoms with Crippen LogP contribution in [-0.4, -0.2) is 22.5 Å². The summed E-state index contributed by atoms with van der Waals surface area (Å²) in [7, 11) is 0. The van der Waals surface area contributed by atoms with Gasteiger partial charge < -0.3 is 9.72 Å². The SMILES string of the molecule is CCOC(=O)c1nc(-c2cc(C)ccc2C)[nH]c1C. The molecule has 1 aromatic carbocycles. The molecule has 4 heteroatoms. The van der Waals surface area contributed by atoms with E-state index in [2.05, 4.69) is 22.1 Å². The van der Waals surface area contributed by atoms with E-state index >= 15 is 0 Å². The third-order valence-corrected chi connectivity index (χ3v) is 3.00. The standard InChI is InChI=1S/C15H18N2O2/c1-5-19-15(18)13-11(4)16-14(17-13)12-8-9(2)6-7-10(12)3/h6-8H,5H2,1-4H3,(H,16,17). The van der Waals surface area contributed by atoms with Crippen LogP contribution in [0.25, 0.3) is 11.4 Å². The Kier molecular flexibility index (Phi) is 3.69. The number of nitrogens with zero attached hydrogens (tertiary/aromatic N) is 1. The Morgan fingerprint density at radius 3 is 2.74 bits per heavy atom. The Hall–Kier alpha value is -2.10. The number of carbonyl (C=O) groups excluding carboxylic acids is 1. The van der Waals surface area contributed by atoms with Crippen molar-refractivity contribution in [3.05, 3.63) is 40.7 Å². The number of nitrogens with one attached hydrogen (secondary N) is 1. The van der Waals surface area contributed by atoms with Crippen LogP contribution in [0.15, 0.2) is 18.2 Å². The number of esters is 1. The molecule has 1 N–H and O–H groups in total. The van der Waals surface area contributed by atoms with Crippen LogP contribution in [0.5, 0.6) is 0 Å². The number of hydrogen-bond acceptors (Lipinski definition) is 3. The van der Waals surface area contributed by atoms with Crippen molar-refractivity contribution in [1.82, 2.24) is 9.97 Å². The second kappa shape index (κ2) is 5.26. The second-order valence-electron chi connectivity index (χ2n) is 4.60. The van der Waals surface area contributed by atoms with Crippen molar-refractivity contribution in [2.24, 2.45) is 0 Å². The molecule has 100 valence electrons. The zero-order valence-electron chi connectivity index (χ0n) is 11.7. The lowest BCUT2D eigenvalue weighted by Crippen LogP contribution is -2.06. The Morgan fingerprint density at radius 1 is 1.32 bits per heavy atom. The molecule has 2 rings (SSSR count). The van der Waals surface area contributed by atoms with Crippen LogP contribution in [0.4, 0.5) is 0 Å². The van der Waals surface area contributed by atoms with Gasteiger partial charge in [0.05, 0.1) is 6.61 Å². The summed E-state index contributed by atoms with van der Waals surface area (Å²) in [6, 6.07) is 6.16. The Bertz CT molecular complexity index is 615. The third kappa shape index (κ3) is 2.67. The van der Waals surface area contributed by atoms with Crippen LogP contribution in [0.3, 0.4) is 0 Å². The Morgan fingerprint density at radius 2 is 2.05 bits per heavy atom. The van der Waals surface area contributed by atoms with Gasteiger partial charge in [-0.05, 0) is 39.3 Å². The molecule has 0 aliphatic rings. The highest BCUT2D eigenvalue weighted by atomic mass is 16.5. The van der Waals surface area contributed by atoms with E-state index < -0.39 is 0 Å². The first-order valence-electron chi connectivity index (χ1n) is 6.34. The van der Waals surface area contributed by atoms with Gasteiger partial charge in [-0.2, -0.15) is 0 Å². The van der Waals surface area contributed by atoms with Gasteiger partial charge in [0, 0.05) is 11.3 Å². The van der Waals surface area contributed by atoms with Crippen molar-refractivity contribution in [2.75, 3.05) is 6.61 Å². The van der Waals surface area contributed by atoms with Crippen molar-refractivity contribution in [1.29, 1.82) is 0 Å². The lowest BCUT2D eigenvalue weighted by molar-refractivity contribution is 0.0519. The summed E-state index contributed by atoms with van der Waals surface area (Å²) in [4.78, 5) is 19.3. The van der Waals surface area contributed by atoms with Crippen molar-refractivity contribution in [2.45, 2.75) is 27.7 Å². The first-order chi connectivity index (χ1) is 9.02. The molecule has 0 aliphatic heterocycles. The number of aromatic nitrogens is 2. The highest BCUT2D eigenvalue weighted by molar-refractivity contribution is 5.89. The van der Waals surface area contributed by atoms with Crippen LogP contribution in [-0.2, 0) is 4.74 Å². The smallest absolute Gasteiger partial charge is 0.358 e. The molecule has 0 aliphatic carbocycles. The maximum atomic E-state index is 11.8. The molecular weight excluding hydrogens is 240 g/mol. The number of hydrogen-bond donors (Lipinski definition) is 1. The van der Waals surface area contributed by atoms with Crippen LogP contribution in [0, 0.1) is 20.8 Å². The average Bonchev–Trinajstić information content (AvgIpc) is 2.74. The van der Waals surface area contributed by atoms with Crippen molar-refractivity contribution in [3.8, 4) is 11.4 Å².